The van der Waals surface area contributed by atoms with Gasteiger partial charge in [-0.2, -0.15) is 0 Å². The lowest BCUT2D eigenvalue weighted by atomic mass is 9.83. The molecule has 0 bridgehead atoms. The Morgan fingerprint density at radius 3 is 0.963 bits per heavy atom. The van der Waals surface area contributed by atoms with Crippen molar-refractivity contribution in [2.24, 2.45) is 0 Å². The van der Waals surface area contributed by atoms with E-state index < -0.39 is 0 Å². The molecule has 0 spiro atoms. The number of nitrogens with zero attached hydrogens (tertiary/aromatic N) is 2. The molecule has 0 saturated heterocycles. The van der Waals surface area contributed by atoms with Gasteiger partial charge < -0.3 is 9.80 Å². The molecule has 15 aromatic rings. The van der Waals surface area contributed by atoms with E-state index in [4.69, 9.17) is 0 Å². The molecule has 0 atom stereocenters. The Morgan fingerprint density at radius 2 is 0.487 bits per heavy atom. The average molecular weight is 1020 g/mol. The minimum Gasteiger partial charge on any atom is -0.310 e. The second kappa shape index (κ2) is 19.8. The first-order valence-electron chi connectivity index (χ1n) is 27.6. The van der Waals surface area contributed by atoms with Crippen LogP contribution in [0.25, 0.3) is 109 Å². The predicted octanol–water partition coefficient (Wildman–Crippen LogP) is 22.2. The van der Waals surface area contributed by atoms with Gasteiger partial charge in [-0.15, -0.1) is 0 Å². The number of rotatable bonds is 10. The van der Waals surface area contributed by atoms with Gasteiger partial charge in [0, 0.05) is 33.8 Å². The molecule has 374 valence electrons. The van der Waals surface area contributed by atoms with Crippen molar-refractivity contribution in [3.8, 4) is 44.5 Å². The first-order valence-corrected chi connectivity index (χ1v) is 27.6. The van der Waals surface area contributed by atoms with Gasteiger partial charge in [0.25, 0.3) is 0 Å². The summed E-state index contributed by atoms with van der Waals surface area (Å²) in [6, 6.07) is 116. The Morgan fingerprint density at radius 1 is 0.163 bits per heavy atom. The lowest BCUT2D eigenvalue weighted by molar-refractivity contribution is 1.29. The van der Waals surface area contributed by atoms with Crippen molar-refractivity contribution >= 4 is 98.8 Å². The molecule has 0 saturated carbocycles. The van der Waals surface area contributed by atoms with E-state index in [0.717, 1.165) is 34.1 Å². The van der Waals surface area contributed by atoms with Crippen LogP contribution in [0.1, 0.15) is 0 Å². The average Bonchev–Trinajstić information content (AvgIpc) is 3.54. The standard InChI is InChI=1S/C78H52N2/c1-3-27-60(28-4-1)79(64-50-41-53-21-7-8-23-57(53)52-64)62-46-42-55(43-47-62)75-66-32-11-15-36-70(66)77(71-37-16-12-33-67(71)75)58-25-19-26-59(51-58)78-72-38-17-13-34-68(72)76(69-35-14-18-39-73(69)78)56-44-48-63(49-45-56)80(61-29-5-2-6-30-61)74-40-20-24-54-22-9-10-31-65(54)74/h1-52H. The van der Waals surface area contributed by atoms with Crippen molar-refractivity contribution in [3.63, 3.8) is 0 Å². The van der Waals surface area contributed by atoms with Gasteiger partial charge in [-0.3, -0.25) is 0 Å². The highest BCUT2D eigenvalue weighted by Gasteiger charge is 2.22. The summed E-state index contributed by atoms with van der Waals surface area (Å²) in [6.07, 6.45) is 0. The van der Waals surface area contributed by atoms with Crippen LogP contribution < -0.4 is 9.80 Å². The fraction of sp³-hybridized carbons (Fsp3) is 0. The Bertz CT molecular complexity index is 4690. The number of fused-ring (bicyclic) bond motifs is 6. The summed E-state index contributed by atoms with van der Waals surface area (Å²) in [7, 11) is 0. The summed E-state index contributed by atoms with van der Waals surface area (Å²) in [6.45, 7) is 0. The molecule has 0 aliphatic carbocycles. The Balaban J connectivity index is 0.843. The minimum atomic E-state index is 1.10. The molecular formula is C78H52N2. The van der Waals surface area contributed by atoms with E-state index in [0.29, 0.717) is 0 Å². The summed E-state index contributed by atoms with van der Waals surface area (Å²) >= 11 is 0. The molecule has 2 nitrogen and oxygen atoms in total. The zero-order valence-corrected chi connectivity index (χ0v) is 43.9. The van der Waals surface area contributed by atoms with Crippen molar-refractivity contribution in [2.45, 2.75) is 0 Å². The molecular weight excluding hydrogens is 965 g/mol. The molecule has 0 aliphatic heterocycles. The molecule has 2 heteroatoms. The van der Waals surface area contributed by atoms with E-state index in [1.54, 1.807) is 0 Å². The number of anilines is 6. The topological polar surface area (TPSA) is 6.48 Å². The van der Waals surface area contributed by atoms with Gasteiger partial charge in [0.05, 0.1) is 5.69 Å². The summed E-state index contributed by atoms with van der Waals surface area (Å²) in [4.78, 5) is 4.73. The second-order valence-electron chi connectivity index (χ2n) is 20.7. The third-order valence-electron chi connectivity index (χ3n) is 16.2. The molecule has 0 heterocycles. The van der Waals surface area contributed by atoms with E-state index in [2.05, 4.69) is 325 Å². The summed E-state index contributed by atoms with van der Waals surface area (Å²) in [5, 5.41) is 14.7. The number of benzene rings is 15. The number of para-hydroxylation sites is 2. The summed E-state index contributed by atoms with van der Waals surface area (Å²) in [5.41, 5.74) is 16.4. The summed E-state index contributed by atoms with van der Waals surface area (Å²) in [5.74, 6) is 0. The molecule has 0 amide bonds. The first-order chi connectivity index (χ1) is 39.7. The SMILES string of the molecule is c1ccc(N(c2ccc(-c3c4ccccc4c(-c4cccc(-c5c6ccccc6c(-c6ccc(N(c7ccccc7)c7cccc8ccccc78)cc6)c6ccccc56)c4)c4ccccc34)cc2)c2ccc3ccccc3c2)cc1. The molecule has 0 unspecified atom stereocenters. The van der Waals surface area contributed by atoms with Crippen LogP contribution in [0.2, 0.25) is 0 Å². The number of hydrogen-bond acceptors (Lipinski definition) is 2. The minimum absolute atomic E-state index is 1.10. The fourth-order valence-corrected chi connectivity index (χ4v) is 12.6. The molecule has 0 aromatic heterocycles. The van der Waals surface area contributed by atoms with E-state index in [9.17, 15) is 0 Å². The Kier molecular flexibility index (Phi) is 11.6. The van der Waals surface area contributed by atoms with E-state index >= 15 is 0 Å². The van der Waals surface area contributed by atoms with Crippen molar-refractivity contribution < 1.29 is 0 Å². The Labute approximate surface area is 465 Å². The van der Waals surface area contributed by atoms with Crippen LogP contribution in [0.3, 0.4) is 0 Å². The quantitative estimate of drug-likeness (QED) is 0.126. The van der Waals surface area contributed by atoms with Gasteiger partial charge >= 0.3 is 0 Å². The normalized spacial score (nSPS) is 11.5. The van der Waals surface area contributed by atoms with Gasteiger partial charge in [0.1, 0.15) is 0 Å². The zero-order valence-electron chi connectivity index (χ0n) is 43.9. The van der Waals surface area contributed by atoms with E-state index in [1.807, 2.05) is 0 Å². The van der Waals surface area contributed by atoms with Crippen LogP contribution in [-0.4, -0.2) is 0 Å². The lowest BCUT2D eigenvalue weighted by Crippen LogP contribution is -2.10. The van der Waals surface area contributed by atoms with Crippen LogP contribution in [0, 0.1) is 0 Å². The third kappa shape index (κ3) is 8.04. The first kappa shape index (κ1) is 46.7. The molecule has 0 radical (unpaired) electrons. The highest BCUT2D eigenvalue weighted by molar-refractivity contribution is 6.24. The maximum atomic E-state index is 2.43. The largest absolute Gasteiger partial charge is 0.310 e. The second-order valence-corrected chi connectivity index (χ2v) is 20.7. The fourth-order valence-electron chi connectivity index (χ4n) is 12.6. The van der Waals surface area contributed by atoms with Gasteiger partial charge in [0.2, 0.25) is 0 Å². The van der Waals surface area contributed by atoms with Crippen molar-refractivity contribution in [3.05, 3.63) is 315 Å². The molecule has 0 aliphatic rings. The lowest BCUT2D eigenvalue weighted by Gasteiger charge is -2.27. The van der Waals surface area contributed by atoms with Gasteiger partial charge in [0.15, 0.2) is 0 Å². The van der Waals surface area contributed by atoms with Crippen LogP contribution in [0.4, 0.5) is 34.1 Å². The molecule has 15 aromatic carbocycles. The van der Waals surface area contributed by atoms with Crippen LogP contribution in [0.15, 0.2) is 315 Å². The highest BCUT2D eigenvalue weighted by Crippen LogP contribution is 2.49. The highest BCUT2D eigenvalue weighted by atomic mass is 15.1. The van der Waals surface area contributed by atoms with Crippen LogP contribution in [-0.2, 0) is 0 Å². The molecule has 15 rings (SSSR count). The van der Waals surface area contributed by atoms with Crippen molar-refractivity contribution in [1.82, 2.24) is 0 Å². The van der Waals surface area contributed by atoms with Gasteiger partial charge in [-0.1, -0.05) is 243 Å². The molecule has 0 fully saturated rings. The summed E-state index contributed by atoms with van der Waals surface area (Å²) < 4.78 is 0. The molecule has 0 N–H and O–H groups in total. The zero-order chi connectivity index (χ0) is 52.9. The van der Waals surface area contributed by atoms with Gasteiger partial charge in [-0.25, -0.2) is 0 Å². The third-order valence-corrected chi connectivity index (χ3v) is 16.2. The molecule has 80 heavy (non-hydrogen) atoms. The smallest absolute Gasteiger partial charge is 0.0540 e. The van der Waals surface area contributed by atoms with Crippen molar-refractivity contribution in [1.29, 1.82) is 0 Å². The van der Waals surface area contributed by atoms with Gasteiger partial charge in [-0.05, 0) is 177 Å². The number of hydrogen-bond donors (Lipinski definition) is 0. The Hall–Kier alpha value is -10.5. The maximum absolute atomic E-state index is 2.43. The maximum Gasteiger partial charge on any atom is 0.0540 e. The predicted molar refractivity (Wildman–Crippen MR) is 343 cm³/mol. The van der Waals surface area contributed by atoms with E-state index in [1.165, 1.54) is 109 Å². The van der Waals surface area contributed by atoms with Crippen molar-refractivity contribution in [2.75, 3.05) is 9.80 Å². The monoisotopic (exact) mass is 1020 g/mol. The van der Waals surface area contributed by atoms with Crippen LogP contribution in [0.5, 0.6) is 0 Å². The van der Waals surface area contributed by atoms with Crippen LogP contribution >= 0.6 is 0 Å². The van der Waals surface area contributed by atoms with E-state index in [-0.39, 0.29) is 0 Å².